The van der Waals surface area contributed by atoms with E-state index in [1.54, 1.807) is 6.26 Å². The molecular formula is C15H18BrNO. The number of halogens is 1. The number of benzene rings is 1. The lowest BCUT2D eigenvalue weighted by Gasteiger charge is -2.15. The maximum Gasteiger partial charge on any atom is 0.103 e. The van der Waals surface area contributed by atoms with E-state index in [1.807, 2.05) is 19.2 Å². The standard InChI is InChI=1S/C15H18BrNO/c1-17-14(8-9-15-3-2-10-18-15)11-12-4-6-13(16)7-5-12/h2-7,10,14,17H,8-9,11H2,1H3. The summed E-state index contributed by atoms with van der Waals surface area (Å²) in [6, 6.07) is 13.0. The van der Waals surface area contributed by atoms with Crippen molar-refractivity contribution in [3.63, 3.8) is 0 Å². The number of nitrogens with one attached hydrogen (secondary N) is 1. The van der Waals surface area contributed by atoms with Gasteiger partial charge in [-0.1, -0.05) is 28.1 Å². The highest BCUT2D eigenvalue weighted by Crippen LogP contribution is 2.14. The van der Waals surface area contributed by atoms with Crippen LogP contribution >= 0.6 is 15.9 Å². The van der Waals surface area contributed by atoms with Gasteiger partial charge in [-0.05, 0) is 49.7 Å². The molecule has 0 fully saturated rings. The molecule has 1 atom stereocenters. The van der Waals surface area contributed by atoms with Crippen molar-refractivity contribution in [2.75, 3.05) is 7.05 Å². The number of rotatable bonds is 6. The molecule has 0 aliphatic carbocycles. The van der Waals surface area contributed by atoms with Gasteiger partial charge in [0.2, 0.25) is 0 Å². The van der Waals surface area contributed by atoms with E-state index in [4.69, 9.17) is 4.42 Å². The summed E-state index contributed by atoms with van der Waals surface area (Å²) < 4.78 is 6.49. The van der Waals surface area contributed by atoms with Crippen LogP contribution in [0.15, 0.2) is 51.6 Å². The summed E-state index contributed by atoms with van der Waals surface area (Å²) in [4.78, 5) is 0. The monoisotopic (exact) mass is 307 g/mol. The first-order valence-corrected chi connectivity index (χ1v) is 7.01. The molecule has 2 aromatic rings. The second kappa shape index (κ2) is 6.76. The Labute approximate surface area is 117 Å². The van der Waals surface area contributed by atoms with E-state index in [0.717, 1.165) is 29.5 Å². The van der Waals surface area contributed by atoms with E-state index >= 15 is 0 Å². The molecule has 96 valence electrons. The van der Waals surface area contributed by atoms with Crippen LogP contribution in [0, 0.1) is 0 Å². The molecule has 0 radical (unpaired) electrons. The lowest BCUT2D eigenvalue weighted by Crippen LogP contribution is -2.28. The highest BCUT2D eigenvalue weighted by atomic mass is 79.9. The lowest BCUT2D eigenvalue weighted by atomic mass is 10.0. The Balaban J connectivity index is 1.87. The zero-order valence-corrected chi connectivity index (χ0v) is 12.1. The van der Waals surface area contributed by atoms with Gasteiger partial charge in [0.25, 0.3) is 0 Å². The Kier molecular flexibility index (Phi) is 5.02. The van der Waals surface area contributed by atoms with Gasteiger partial charge in [-0.3, -0.25) is 0 Å². The fraction of sp³-hybridized carbons (Fsp3) is 0.333. The molecule has 1 unspecified atom stereocenters. The maximum absolute atomic E-state index is 5.36. The van der Waals surface area contributed by atoms with Crippen molar-refractivity contribution in [1.82, 2.24) is 5.32 Å². The van der Waals surface area contributed by atoms with E-state index in [-0.39, 0.29) is 0 Å². The molecule has 0 aliphatic heterocycles. The summed E-state index contributed by atoms with van der Waals surface area (Å²) in [5.41, 5.74) is 1.36. The van der Waals surface area contributed by atoms with Crippen molar-refractivity contribution in [3.8, 4) is 0 Å². The second-order valence-electron chi connectivity index (χ2n) is 4.43. The van der Waals surface area contributed by atoms with Gasteiger partial charge in [0, 0.05) is 16.9 Å². The molecule has 1 aromatic carbocycles. The number of furan rings is 1. The Bertz CT molecular complexity index is 450. The van der Waals surface area contributed by atoms with Crippen molar-refractivity contribution in [3.05, 3.63) is 58.5 Å². The van der Waals surface area contributed by atoms with Gasteiger partial charge in [-0.25, -0.2) is 0 Å². The average molecular weight is 308 g/mol. The average Bonchev–Trinajstić information content (AvgIpc) is 2.90. The molecular weight excluding hydrogens is 290 g/mol. The quantitative estimate of drug-likeness (QED) is 0.878. The normalized spacial score (nSPS) is 12.6. The number of likely N-dealkylation sites (N-methyl/N-ethyl adjacent to an activating group) is 1. The van der Waals surface area contributed by atoms with Gasteiger partial charge < -0.3 is 9.73 Å². The van der Waals surface area contributed by atoms with Crippen molar-refractivity contribution in [1.29, 1.82) is 0 Å². The summed E-state index contributed by atoms with van der Waals surface area (Å²) in [6.45, 7) is 0. The van der Waals surface area contributed by atoms with E-state index < -0.39 is 0 Å². The molecule has 18 heavy (non-hydrogen) atoms. The second-order valence-corrected chi connectivity index (χ2v) is 5.35. The summed E-state index contributed by atoms with van der Waals surface area (Å²) in [5.74, 6) is 1.06. The van der Waals surface area contributed by atoms with Gasteiger partial charge in [0.05, 0.1) is 6.26 Å². The number of aryl methyl sites for hydroxylation is 1. The molecule has 3 heteroatoms. The summed E-state index contributed by atoms with van der Waals surface area (Å²) in [7, 11) is 2.02. The van der Waals surface area contributed by atoms with Crippen LogP contribution in [0.2, 0.25) is 0 Å². The SMILES string of the molecule is CNC(CCc1ccco1)Cc1ccc(Br)cc1. The molecule has 0 spiro atoms. The number of hydrogen-bond acceptors (Lipinski definition) is 2. The van der Waals surface area contributed by atoms with Crippen LogP contribution in [0.4, 0.5) is 0 Å². The molecule has 0 aliphatic rings. The molecule has 0 saturated carbocycles. The molecule has 0 saturated heterocycles. The highest BCUT2D eigenvalue weighted by molar-refractivity contribution is 9.10. The third-order valence-corrected chi connectivity index (χ3v) is 3.65. The van der Waals surface area contributed by atoms with E-state index in [1.165, 1.54) is 5.56 Å². The topological polar surface area (TPSA) is 25.2 Å². The summed E-state index contributed by atoms with van der Waals surface area (Å²) in [5, 5.41) is 3.37. The van der Waals surface area contributed by atoms with Crippen molar-refractivity contribution < 1.29 is 4.42 Å². The molecule has 1 heterocycles. The van der Waals surface area contributed by atoms with Crippen LogP contribution in [0.5, 0.6) is 0 Å². The smallest absolute Gasteiger partial charge is 0.103 e. The van der Waals surface area contributed by atoms with Gasteiger partial charge >= 0.3 is 0 Å². The van der Waals surface area contributed by atoms with Gasteiger partial charge in [0.15, 0.2) is 0 Å². The molecule has 2 nitrogen and oxygen atoms in total. The maximum atomic E-state index is 5.36. The molecule has 1 aromatic heterocycles. The van der Waals surface area contributed by atoms with Crippen molar-refractivity contribution in [2.45, 2.75) is 25.3 Å². The van der Waals surface area contributed by atoms with E-state index in [2.05, 4.69) is 45.5 Å². The van der Waals surface area contributed by atoms with Gasteiger partial charge in [0.1, 0.15) is 5.76 Å². The van der Waals surface area contributed by atoms with Crippen LogP contribution < -0.4 is 5.32 Å². The zero-order chi connectivity index (χ0) is 12.8. The zero-order valence-electron chi connectivity index (χ0n) is 10.5. The third kappa shape index (κ3) is 4.00. The molecule has 0 bridgehead atoms. The predicted molar refractivity (Wildman–Crippen MR) is 77.7 cm³/mol. The van der Waals surface area contributed by atoms with Crippen LogP contribution in [-0.4, -0.2) is 13.1 Å². The minimum absolute atomic E-state index is 0.483. The third-order valence-electron chi connectivity index (χ3n) is 3.12. The molecule has 2 rings (SSSR count). The lowest BCUT2D eigenvalue weighted by molar-refractivity contribution is 0.460. The fourth-order valence-corrected chi connectivity index (χ4v) is 2.29. The van der Waals surface area contributed by atoms with Crippen molar-refractivity contribution >= 4 is 15.9 Å². The molecule has 0 amide bonds. The van der Waals surface area contributed by atoms with Crippen LogP contribution in [-0.2, 0) is 12.8 Å². The van der Waals surface area contributed by atoms with E-state index in [9.17, 15) is 0 Å². The Morgan fingerprint density at radius 2 is 2.00 bits per heavy atom. The fourth-order valence-electron chi connectivity index (χ4n) is 2.02. The van der Waals surface area contributed by atoms with Gasteiger partial charge in [-0.2, -0.15) is 0 Å². The number of hydrogen-bond donors (Lipinski definition) is 1. The van der Waals surface area contributed by atoms with E-state index in [0.29, 0.717) is 6.04 Å². The largest absolute Gasteiger partial charge is 0.469 e. The molecule has 1 N–H and O–H groups in total. The Hall–Kier alpha value is -1.06. The first-order chi connectivity index (χ1) is 8.78. The van der Waals surface area contributed by atoms with Crippen LogP contribution in [0.1, 0.15) is 17.7 Å². The summed E-state index contributed by atoms with van der Waals surface area (Å²) >= 11 is 3.46. The minimum atomic E-state index is 0.483. The predicted octanol–water partition coefficient (Wildman–Crippen LogP) is 3.81. The Morgan fingerprint density at radius 1 is 1.22 bits per heavy atom. The van der Waals surface area contributed by atoms with Crippen molar-refractivity contribution in [2.24, 2.45) is 0 Å². The van der Waals surface area contributed by atoms with Gasteiger partial charge in [-0.15, -0.1) is 0 Å². The van der Waals surface area contributed by atoms with Crippen LogP contribution in [0.3, 0.4) is 0 Å². The first-order valence-electron chi connectivity index (χ1n) is 6.22. The summed E-state index contributed by atoms with van der Waals surface area (Å²) in [6.07, 6.45) is 4.85. The minimum Gasteiger partial charge on any atom is -0.469 e. The van der Waals surface area contributed by atoms with Crippen LogP contribution in [0.25, 0.3) is 0 Å². The first kappa shape index (κ1) is 13.4. The highest BCUT2D eigenvalue weighted by Gasteiger charge is 2.08. The Morgan fingerprint density at radius 3 is 2.61 bits per heavy atom.